The molecule has 0 amide bonds. The number of methoxy groups -OCH3 is 1. The number of hydrogen-bond acceptors (Lipinski definition) is 8. The summed E-state index contributed by atoms with van der Waals surface area (Å²) in [5.74, 6) is 1.89. The summed E-state index contributed by atoms with van der Waals surface area (Å²) in [4.78, 5) is 28.3. The Bertz CT molecular complexity index is 2050. The van der Waals surface area contributed by atoms with Gasteiger partial charge in [-0.15, -0.1) is 18.3 Å². The van der Waals surface area contributed by atoms with Gasteiger partial charge < -0.3 is 9.47 Å². The van der Waals surface area contributed by atoms with Crippen LogP contribution in [0, 0.1) is 0 Å². The van der Waals surface area contributed by atoms with Gasteiger partial charge in [0, 0.05) is 24.4 Å². The molecule has 0 aliphatic carbocycles. The van der Waals surface area contributed by atoms with Crippen molar-refractivity contribution in [2.24, 2.45) is 9.98 Å². The first-order valence-electron chi connectivity index (χ1n) is 16.1. The Labute approximate surface area is 296 Å². The maximum absolute atomic E-state index is 13.6. The zero-order valence-corrected chi connectivity index (χ0v) is 30.0. The van der Waals surface area contributed by atoms with Crippen LogP contribution in [0.3, 0.4) is 0 Å². The van der Waals surface area contributed by atoms with Crippen molar-refractivity contribution in [3.05, 3.63) is 99.5 Å². The van der Waals surface area contributed by atoms with Crippen molar-refractivity contribution in [1.82, 2.24) is 23.3 Å². The minimum Gasteiger partial charge on any atom is -0.497 e. The van der Waals surface area contributed by atoms with Crippen molar-refractivity contribution in [2.75, 3.05) is 19.4 Å². The van der Waals surface area contributed by atoms with Crippen molar-refractivity contribution < 1.29 is 22.6 Å². The lowest BCUT2D eigenvalue weighted by Crippen LogP contribution is -2.29. The first kappa shape index (κ1) is 36.6. The van der Waals surface area contributed by atoms with Gasteiger partial charge >= 0.3 is 12.1 Å². The maximum atomic E-state index is 13.6. The molecule has 10 nitrogen and oxygen atoms in total. The predicted octanol–water partition coefficient (Wildman–Crippen LogP) is 7.64. The third kappa shape index (κ3) is 9.13. The highest BCUT2D eigenvalue weighted by atomic mass is 32.2. The Hall–Kier alpha value is -4.63. The highest BCUT2D eigenvalue weighted by Crippen LogP contribution is 2.27. The van der Waals surface area contributed by atoms with E-state index in [-0.39, 0.29) is 17.4 Å². The minimum absolute atomic E-state index is 0.143. The Morgan fingerprint density at radius 3 is 2.38 bits per heavy atom. The van der Waals surface area contributed by atoms with E-state index in [4.69, 9.17) is 14.7 Å². The third-order valence-corrected chi connectivity index (χ3v) is 9.65. The van der Waals surface area contributed by atoms with Gasteiger partial charge in [-0.2, -0.15) is 4.99 Å². The molecule has 264 valence electrons. The summed E-state index contributed by atoms with van der Waals surface area (Å²) in [6.45, 7) is 9.24. The van der Waals surface area contributed by atoms with Gasteiger partial charge in [0.05, 0.1) is 18.5 Å². The van der Waals surface area contributed by atoms with Crippen molar-refractivity contribution in [3.8, 4) is 34.3 Å². The Balaban J connectivity index is 1.34. The fraction of sp³-hybridized carbons (Fsp3) is 0.343. The van der Waals surface area contributed by atoms with E-state index in [1.54, 1.807) is 27.4 Å². The van der Waals surface area contributed by atoms with Gasteiger partial charge in [0.1, 0.15) is 17.8 Å². The molecule has 50 heavy (non-hydrogen) atoms. The Morgan fingerprint density at radius 1 is 1.02 bits per heavy atom. The smallest absolute Gasteiger partial charge is 0.497 e. The second kappa shape index (κ2) is 16.4. The number of ether oxygens (including phenoxy) is 2. The first-order chi connectivity index (χ1) is 24.0. The number of aryl methyl sites for hydroxylation is 1. The van der Waals surface area contributed by atoms with Crippen LogP contribution in [0.4, 0.5) is 13.2 Å². The summed E-state index contributed by atoms with van der Waals surface area (Å²) in [7, 11) is 1.63. The molecule has 0 saturated heterocycles. The largest absolute Gasteiger partial charge is 0.573 e. The molecular formula is C35H38F3N7O3S2. The number of hydrogen-bond donors (Lipinski definition) is 0. The van der Waals surface area contributed by atoms with Gasteiger partial charge in [-0.25, -0.2) is 23.0 Å². The molecular weight excluding hydrogens is 688 g/mol. The highest BCUT2D eigenvalue weighted by molar-refractivity contribution is 8.13. The molecule has 3 aromatic carbocycles. The summed E-state index contributed by atoms with van der Waals surface area (Å²) >= 11 is 2.89. The number of thioether (sulfide) groups is 1. The standard InChI is InChI=1S/C35H38F3N7O3S2/c1-6-20-49-32(41-33-45(34(46)44(7-2)50-33)30-17-16-28(47-5)21-29(30)23(3)4)39-19-18-24-8-10-25(11-9-24)31-40-22-43(42-31)26-12-14-27(15-13-26)48-35(36,37)38/h8-17,21-23H,6-7,18-20H2,1-5H3/b39-32-,41-33-. The van der Waals surface area contributed by atoms with Crippen LogP contribution in [0.15, 0.2) is 87.8 Å². The van der Waals surface area contributed by atoms with E-state index in [9.17, 15) is 18.0 Å². The van der Waals surface area contributed by atoms with Crippen LogP contribution in [0.5, 0.6) is 11.5 Å². The average Bonchev–Trinajstić information content (AvgIpc) is 3.71. The molecule has 0 unspecified atom stereocenters. The van der Waals surface area contributed by atoms with E-state index >= 15 is 0 Å². The van der Waals surface area contributed by atoms with E-state index in [0.29, 0.717) is 41.0 Å². The van der Waals surface area contributed by atoms with Crippen LogP contribution in [0.1, 0.15) is 51.2 Å². The van der Waals surface area contributed by atoms with Crippen molar-refractivity contribution in [2.45, 2.75) is 59.4 Å². The second-order valence-electron chi connectivity index (χ2n) is 11.4. The summed E-state index contributed by atoms with van der Waals surface area (Å²) in [5.41, 5.74) is 4.03. The van der Waals surface area contributed by atoms with Gasteiger partial charge in [-0.1, -0.05) is 56.8 Å². The Kier molecular flexibility index (Phi) is 12.0. The SMILES string of the molecule is CCCSC(=N\CCc1ccc(-c2ncn(-c3ccc(OC(F)(F)F)cc3)n2)cc1)/N=c1\sn(CC)c(=O)n1-c1ccc(OC)cc1C(C)C. The van der Waals surface area contributed by atoms with Gasteiger partial charge in [0.15, 0.2) is 11.0 Å². The van der Waals surface area contributed by atoms with Crippen molar-refractivity contribution in [1.29, 1.82) is 0 Å². The van der Waals surface area contributed by atoms with Crippen LogP contribution in [-0.2, 0) is 13.0 Å². The van der Waals surface area contributed by atoms with Gasteiger partial charge in [0.25, 0.3) is 0 Å². The van der Waals surface area contributed by atoms with Crippen molar-refractivity contribution in [3.63, 3.8) is 0 Å². The first-order valence-corrected chi connectivity index (χ1v) is 17.9. The predicted molar refractivity (Wildman–Crippen MR) is 192 cm³/mol. The molecule has 0 bridgehead atoms. The lowest BCUT2D eigenvalue weighted by atomic mass is 10.0. The molecule has 0 fully saturated rings. The summed E-state index contributed by atoms with van der Waals surface area (Å²) in [5, 5.41) is 5.10. The summed E-state index contributed by atoms with van der Waals surface area (Å²) in [6, 6.07) is 19.0. The van der Waals surface area contributed by atoms with E-state index in [2.05, 4.69) is 35.6 Å². The number of aliphatic imine (C=N–C) groups is 1. The van der Waals surface area contributed by atoms with Gasteiger partial charge in [0.2, 0.25) is 4.80 Å². The van der Waals surface area contributed by atoms with Crippen molar-refractivity contribution >= 4 is 28.5 Å². The molecule has 2 heterocycles. The number of nitrogens with zero attached hydrogens (tertiary/aromatic N) is 7. The molecule has 2 aromatic heterocycles. The lowest BCUT2D eigenvalue weighted by molar-refractivity contribution is -0.274. The zero-order valence-electron chi connectivity index (χ0n) is 28.3. The summed E-state index contributed by atoms with van der Waals surface area (Å²) in [6.07, 6.45) is -1.63. The van der Waals surface area contributed by atoms with E-state index < -0.39 is 6.36 Å². The van der Waals surface area contributed by atoms with E-state index in [1.807, 2.05) is 49.4 Å². The molecule has 5 aromatic rings. The number of rotatable bonds is 12. The molecule has 5 rings (SSSR count). The molecule has 0 aliphatic rings. The molecule has 0 radical (unpaired) electrons. The average molecular weight is 726 g/mol. The molecule has 0 N–H and O–H groups in total. The van der Waals surface area contributed by atoms with Crippen LogP contribution in [0.2, 0.25) is 0 Å². The van der Waals surface area contributed by atoms with E-state index in [1.165, 1.54) is 46.8 Å². The van der Waals surface area contributed by atoms with Gasteiger partial charge in [-0.3, -0.25) is 4.99 Å². The van der Waals surface area contributed by atoms with Crippen LogP contribution in [-0.4, -0.2) is 54.2 Å². The monoisotopic (exact) mass is 725 g/mol. The van der Waals surface area contributed by atoms with E-state index in [0.717, 1.165) is 40.3 Å². The minimum atomic E-state index is -4.75. The number of benzene rings is 3. The quantitative estimate of drug-likeness (QED) is 0.0969. The topological polar surface area (TPSA) is 101 Å². The number of alkyl halides is 3. The fourth-order valence-electron chi connectivity index (χ4n) is 4.98. The van der Waals surface area contributed by atoms with Gasteiger partial charge in [-0.05, 0) is 90.8 Å². The van der Waals surface area contributed by atoms with Crippen LogP contribution in [0.25, 0.3) is 22.8 Å². The number of halogens is 3. The molecule has 0 saturated carbocycles. The second-order valence-corrected chi connectivity index (χ2v) is 13.4. The maximum Gasteiger partial charge on any atom is 0.573 e. The molecule has 15 heteroatoms. The van der Waals surface area contributed by atoms with Crippen LogP contribution < -0.4 is 20.0 Å². The van der Waals surface area contributed by atoms with Crippen LogP contribution >= 0.6 is 23.3 Å². The normalized spacial score (nSPS) is 12.6. The molecule has 0 atom stereocenters. The fourth-order valence-corrected chi connectivity index (χ4v) is 6.63. The molecule has 0 aliphatic heterocycles. The molecule has 0 spiro atoms. The third-order valence-electron chi connectivity index (χ3n) is 7.49. The summed E-state index contributed by atoms with van der Waals surface area (Å²) < 4.78 is 51.7. The number of aromatic nitrogens is 5. The zero-order chi connectivity index (χ0) is 35.8. The lowest BCUT2D eigenvalue weighted by Gasteiger charge is -2.14. The Morgan fingerprint density at radius 2 is 1.74 bits per heavy atom. The highest BCUT2D eigenvalue weighted by Gasteiger charge is 2.31. The number of amidine groups is 1.